The lowest BCUT2D eigenvalue weighted by Gasteiger charge is -2.27. The van der Waals surface area contributed by atoms with E-state index in [0.29, 0.717) is 11.2 Å². The van der Waals surface area contributed by atoms with Crippen LogP contribution in [-0.4, -0.2) is 24.1 Å². The van der Waals surface area contributed by atoms with Gasteiger partial charge in [-0.2, -0.15) is 0 Å². The Bertz CT molecular complexity index is 898. The fraction of sp³-hybridized carbons (Fsp3) is 0.188. The number of para-hydroxylation sites is 1. The van der Waals surface area contributed by atoms with Crippen LogP contribution < -0.4 is 16.2 Å². The van der Waals surface area contributed by atoms with Gasteiger partial charge in [0.05, 0.1) is 18.7 Å². The number of aromatic nitrogens is 1. The van der Waals surface area contributed by atoms with Crippen LogP contribution in [0.3, 0.4) is 0 Å². The number of H-pyrrole nitrogens is 1. The lowest BCUT2D eigenvalue weighted by molar-refractivity contribution is -0.136. The summed E-state index contributed by atoms with van der Waals surface area (Å²) in [4.78, 5) is 39.0. The number of benzene rings is 1. The number of hydrogen-bond donors (Lipinski definition) is 3. The first-order valence-corrected chi connectivity index (χ1v) is 7.00. The third kappa shape index (κ3) is 2.57. The Balaban J connectivity index is 2.20. The first-order chi connectivity index (χ1) is 11.0. The normalized spacial score (nSPS) is 17.7. The van der Waals surface area contributed by atoms with E-state index in [0.717, 1.165) is 5.39 Å². The standard InChI is InChI=1S/C16H15N3O4/c1-8-12(15(21)23-2)13(19-16(22)17-8)10-7-9-5-3-4-6-11(9)18-14(10)20/h3-7,13H,1-2H3,(H,18,20)(H2,17,19,22)/t13-/m0/s1. The van der Waals surface area contributed by atoms with Crippen LogP contribution in [0.1, 0.15) is 18.5 Å². The number of nitrogens with one attached hydrogen (secondary N) is 3. The molecule has 118 valence electrons. The molecule has 0 spiro atoms. The Hall–Kier alpha value is -3.09. The molecule has 1 aliphatic rings. The summed E-state index contributed by atoms with van der Waals surface area (Å²) in [7, 11) is 1.25. The van der Waals surface area contributed by atoms with Gasteiger partial charge in [0.15, 0.2) is 0 Å². The molecule has 1 atom stereocenters. The molecular formula is C16H15N3O4. The predicted octanol–water partition coefficient (Wildman–Crippen LogP) is 1.33. The number of esters is 1. The molecule has 2 aromatic rings. The number of carbonyl (C=O) groups excluding carboxylic acids is 2. The van der Waals surface area contributed by atoms with E-state index in [4.69, 9.17) is 4.74 Å². The molecule has 0 saturated heterocycles. The minimum absolute atomic E-state index is 0.202. The minimum Gasteiger partial charge on any atom is -0.466 e. The van der Waals surface area contributed by atoms with E-state index in [1.165, 1.54) is 7.11 Å². The van der Waals surface area contributed by atoms with Gasteiger partial charge >= 0.3 is 12.0 Å². The van der Waals surface area contributed by atoms with Crippen LogP contribution in [0.5, 0.6) is 0 Å². The van der Waals surface area contributed by atoms with Gasteiger partial charge in [-0.25, -0.2) is 9.59 Å². The van der Waals surface area contributed by atoms with Crippen molar-refractivity contribution in [1.82, 2.24) is 15.6 Å². The van der Waals surface area contributed by atoms with Crippen LogP contribution in [0, 0.1) is 0 Å². The van der Waals surface area contributed by atoms with E-state index in [1.807, 2.05) is 18.2 Å². The highest BCUT2D eigenvalue weighted by Gasteiger charge is 2.33. The maximum Gasteiger partial charge on any atom is 0.337 e. The molecule has 0 radical (unpaired) electrons. The number of amides is 2. The summed E-state index contributed by atoms with van der Waals surface area (Å²) >= 11 is 0. The average molecular weight is 313 g/mol. The lowest BCUT2D eigenvalue weighted by atomic mass is 9.95. The molecule has 1 aromatic heterocycles. The average Bonchev–Trinajstić information content (AvgIpc) is 2.52. The van der Waals surface area contributed by atoms with Crippen molar-refractivity contribution >= 4 is 22.9 Å². The third-order valence-electron chi connectivity index (χ3n) is 3.77. The van der Waals surface area contributed by atoms with Gasteiger partial charge in [0.1, 0.15) is 0 Å². The number of aromatic amines is 1. The Kier molecular flexibility index (Phi) is 3.61. The fourth-order valence-electron chi connectivity index (χ4n) is 2.69. The second-order valence-electron chi connectivity index (χ2n) is 5.20. The highest BCUT2D eigenvalue weighted by molar-refractivity contribution is 5.95. The first kappa shape index (κ1) is 14.8. The summed E-state index contributed by atoms with van der Waals surface area (Å²) in [6.07, 6.45) is 0. The van der Waals surface area contributed by atoms with Gasteiger partial charge in [0, 0.05) is 16.8 Å². The monoisotopic (exact) mass is 313 g/mol. The SMILES string of the molecule is COC(=O)C1=C(C)NC(=O)N[C@H]1c1cc2ccccc2[nH]c1=O. The van der Waals surface area contributed by atoms with Gasteiger partial charge in [-0.05, 0) is 24.4 Å². The van der Waals surface area contributed by atoms with E-state index >= 15 is 0 Å². The summed E-state index contributed by atoms with van der Waals surface area (Å²) in [5, 5.41) is 5.93. The first-order valence-electron chi connectivity index (χ1n) is 7.00. The topological polar surface area (TPSA) is 100 Å². The number of carbonyl (C=O) groups is 2. The molecule has 0 unspecified atom stereocenters. The second-order valence-corrected chi connectivity index (χ2v) is 5.20. The Morgan fingerprint density at radius 2 is 1.96 bits per heavy atom. The van der Waals surface area contributed by atoms with Crippen molar-refractivity contribution in [3.8, 4) is 0 Å². The predicted molar refractivity (Wildman–Crippen MR) is 83.7 cm³/mol. The van der Waals surface area contributed by atoms with Crippen LogP contribution >= 0.6 is 0 Å². The number of hydrogen-bond acceptors (Lipinski definition) is 4. The van der Waals surface area contributed by atoms with Crippen LogP contribution in [-0.2, 0) is 9.53 Å². The van der Waals surface area contributed by atoms with Crippen molar-refractivity contribution in [3.63, 3.8) is 0 Å². The fourth-order valence-corrected chi connectivity index (χ4v) is 2.69. The molecule has 23 heavy (non-hydrogen) atoms. The van der Waals surface area contributed by atoms with Crippen LogP contribution in [0.25, 0.3) is 10.9 Å². The maximum absolute atomic E-state index is 12.4. The Labute approximate surface area is 131 Å². The molecule has 0 aliphatic carbocycles. The van der Waals surface area contributed by atoms with E-state index in [2.05, 4.69) is 15.6 Å². The molecular weight excluding hydrogens is 298 g/mol. The minimum atomic E-state index is -0.871. The van der Waals surface area contributed by atoms with E-state index in [-0.39, 0.29) is 16.7 Å². The van der Waals surface area contributed by atoms with E-state index in [9.17, 15) is 14.4 Å². The number of methoxy groups -OCH3 is 1. The van der Waals surface area contributed by atoms with Crippen molar-refractivity contribution in [2.45, 2.75) is 13.0 Å². The Morgan fingerprint density at radius 3 is 2.70 bits per heavy atom. The number of urea groups is 1. The van der Waals surface area contributed by atoms with Gasteiger partial charge in [-0.1, -0.05) is 18.2 Å². The van der Waals surface area contributed by atoms with Gasteiger partial charge in [-0.15, -0.1) is 0 Å². The zero-order valence-electron chi connectivity index (χ0n) is 12.6. The van der Waals surface area contributed by atoms with Crippen molar-refractivity contribution in [3.05, 3.63) is 57.5 Å². The molecule has 1 aromatic carbocycles. The summed E-state index contributed by atoms with van der Waals surface area (Å²) < 4.78 is 4.77. The summed E-state index contributed by atoms with van der Waals surface area (Å²) in [5.74, 6) is -0.604. The van der Waals surface area contributed by atoms with Gasteiger partial charge in [0.25, 0.3) is 5.56 Å². The molecule has 2 amide bonds. The largest absolute Gasteiger partial charge is 0.466 e. The lowest BCUT2D eigenvalue weighted by Crippen LogP contribution is -2.46. The number of rotatable bonds is 2. The van der Waals surface area contributed by atoms with Gasteiger partial charge in [-0.3, -0.25) is 4.79 Å². The van der Waals surface area contributed by atoms with Crippen LogP contribution in [0.4, 0.5) is 4.79 Å². The molecule has 0 bridgehead atoms. The number of ether oxygens (including phenoxy) is 1. The molecule has 2 heterocycles. The summed E-state index contributed by atoms with van der Waals surface area (Å²) in [6, 6.07) is 7.59. The van der Waals surface area contributed by atoms with Crippen molar-refractivity contribution < 1.29 is 14.3 Å². The van der Waals surface area contributed by atoms with Crippen molar-refractivity contribution in [2.24, 2.45) is 0 Å². The molecule has 3 rings (SSSR count). The van der Waals surface area contributed by atoms with Crippen molar-refractivity contribution in [1.29, 1.82) is 0 Å². The highest BCUT2D eigenvalue weighted by Crippen LogP contribution is 2.26. The highest BCUT2D eigenvalue weighted by atomic mass is 16.5. The van der Waals surface area contributed by atoms with Crippen LogP contribution in [0.2, 0.25) is 0 Å². The quantitative estimate of drug-likeness (QED) is 0.728. The molecule has 0 fully saturated rings. The summed E-state index contributed by atoms with van der Waals surface area (Å²) in [5.41, 5.74) is 1.15. The second kappa shape index (κ2) is 5.60. The van der Waals surface area contributed by atoms with E-state index < -0.39 is 18.0 Å². The molecule has 3 N–H and O–H groups in total. The molecule has 7 nitrogen and oxygen atoms in total. The molecule has 7 heteroatoms. The Morgan fingerprint density at radius 1 is 1.22 bits per heavy atom. The van der Waals surface area contributed by atoms with Gasteiger partial charge < -0.3 is 20.4 Å². The zero-order valence-corrected chi connectivity index (χ0v) is 12.6. The molecule has 1 aliphatic heterocycles. The van der Waals surface area contributed by atoms with Crippen molar-refractivity contribution in [2.75, 3.05) is 7.11 Å². The number of pyridine rings is 1. The zero-order chi connectivity index (χ0) is 16.6. The number of allylic oxidation sites excluding steroid dienone is 1. The summed E-state index contributed by atoms with van der Waals surface area (Å²) in [6.45, 7) is 1.59. The van der Waals surface area contributed by atoms with Crippen LogP contribution in [0.15, 0.2) is 46.4 Å². The van der Waals surface area contributed by atoms with E-state index in [1.54, 1.807) is 19.1 Å². The smallest absolute Gasteiger partial charge is 0.337 e. The third-order valence-corrected chi connectivity index (χ3v) is 3.77. The maximum atomic E-state index is 12.4. The van der Waals surface area contributed by atoms with Gasteiger partial charge in [0.2, 0.25) is 0 Å². The number of fused-ring (bicyclic) bond motifs is 1. The molecule has 0 saturated carbocycles.